The van der Waals surface area contributed by atoms with Crippen molar-refractivity contribution in [3.8, 4) is 0 Å². The number of ether oxygens (including phenoxy) is 2. The van der Waals surface area contributed by atoms with Crippen molar-refractivity contribution in [3.05, 3.63) is 0 Å². The van der Waals surface area contributed by atoms with Gasteiger partial charge < -0.3 is 24.5 Å². The average Bonchev–Trinajstić information content (AvgIpc) is 2.11. The molecule has 5 nitrogen and oxygen atoms in total. The SMILES string of the molecule is C1COCO1.OB(O)O. The molecule has 1 aliphatic rings. The van der Waals surface area contributed by atoms with Crippen molar-refractivity contribution in [2.75, 3.05) is 20.0 Å². The molecule has 9 heavy (non-hydrogen) atoms. The summed E-state index contributed by atoms with van der Waals surface area (Å²) in [4.78, 5) is 0. The molecular formula is C3H9BO5. The van der Waals surface area contributed by atoms with Gasteiger partial charge in [-0.25, -0.2) is 0 Å². The summed E-state index contributed by atoms with van der Waals surface area (Å²) < 4.78 is 9.44. The van der Waals surface area contributed by atoms with Crippen molar-refractivity contribution in [2.45, 2.75) is 0 Å². The Morgan fingerprint density at radius 1 is 1.00 bits per heavy atom. The molecule has 0 aromatic rings. The first-order valence-electron chi connectivity index (χ1n) is 2.43. The predicted molar refractivity (Wildman–Crippen MR) is 29.2 cm³/mol. The van der Waals surface area contributed by atoms with Crippen LogP contribution in [0.2, 0.25) is 0 Å². The molecule has 0 atom stereocenters. The van der Waals surface area contributed by atoms with Gasteiger partial charge in [0.25, 0.3) is 0 Å². The highest BCUT2D eigenvalue weighted by Crippen LogP contribution is 1.85. The second-order valence-electron chi connectivity index (χ2n) is 1.28. The fourth-order valence-corrected chi connectivity index (χ4v) is 0.295. The molecule has 0 saturated carbocycles. The monoisotopic (exact) mass is 136 g/mol. The molecule has 0 aromatic carbocycles. The third-order valence-electron chi connectivity index (χ3n) is 0.539. The van der Waals surface area contributed by atoms with Crippen LogP contribution in [-0.2, 0) is 9.47 Å². The van der Waals surface area contributed by atoms with Gasteiger partial charge in [0.2, 0.25) is 0 Å². The molecule has 1 fully saturated rings. The third kappa shape index (κ3) is 11.4. The minimum absolute atomic E-state index is 0.500. The van der Waals surface area contributed by atoms with E-state index in [4.69, 9.17) is 24.5 Å². The van der Waals surface area contributed by atoms with Crippen molar-refractivity contribution >= 4 is 7.32 Å². The smallest absolute Gasteiger partial charge is 0.402 e. The van der Waals surface area contributed by atoms with Crippen LogP contribution in [0.15, 0.2) is 0 Å². The zero-order valence-electron chi connectivity index (χ0n) is 4.86. The van der Waals surface area contributed by atoms with Crippen LogP contribution in [0.3, 0.4) is 0 Å². The standard InChI is InChI=1S/C3H6O2.BH3O3/c1-2-5-3-4-1;2-1(3)4/h1-3H2;2-4H. The van der Waals surface area contributed by atoms with E-state index in [0.29, 0.717) is 6.79 Å². The fraction of sp³-hybridized carbons (Fsp3) is 1.00. The molecule has 0 radical (unpaired) electrons. The highest BCUT2D eigenvalue weighted by molar-refractivity contribution is 6.30. The van der Waals surface area contributed by atoms with Gasteiger partial charge in [-0.1, -0.05) is 0 Å². The Hall–Kier alpha value is -0.135. The zero-order valence-corrected chi connectivity index (χ0v) is 4.86. The Balaban J connectivity index is 0.000000148. The maximum absolute atomic E-state index is 7.17. The third-order valence-corrected chi connectivity index (χ3v) is 0.539. The van der Waals surface area contributed by atoms with Gasteiger partial charge in [-0.05, 0) is 0 Å². The van der Waals surface area contributed by atoms with Gasteiger partial charge in [0.15, 0.2) is 0 Å². The Labute approximate surface area is 53.0 Å². The van der Waals surface area contributed by atoms with E-state index in [1.807, 2.05) is 0 Å². The summed E-state index contributed by atoms with van der Waals surface area (Å²) in [6, 6.07) is 0. The van der Waals surface area contributed by atoms with Crippen molar-refractivity contribution < 1.29 is 24.5 Å². The summed E-state index contributed by atoms with van der Waals surface area (Å²) >= 11 is 0. The van der Waals surface area contributed by atoms with Crippen LogP contribution < -0.4 is 0 Å². The maximum Gasteiger partial charge on any atom is 0.631 e. The summed E-state index contributed by atoms with van der Waals surface area (Å²) in [7, 11) is -2.17. The molecule has 6 heteroatoms. The van der Waals surface area contributed by atoms with Gasteiger partial charge in [0.1, 0.15) is 6.79 Å². The first-order chi connectivity index (χ1) is 4.23. The largest absolute Gasteiger partial charge is 0.631 e. The van der Waals surface area contributed by atoms with Gasteiger partial charge in [-0.15, -0.1) is 0 Å². The molecule has 0 spiro atoms. The lowest BCUT2D eigenvalue weighted by atomic mass is 10.3. The molecule has 1 aliphatic heterocycles. The molecule has 54 valence electrons. The van der Waals surface area contributed by atoms with Crippen LogP contribution >= 0.6 is 0 Å². The van der Waals surface area contributed by atoms with E-state index in [2.05, 4.69) is 0 Å². The van der Waals surface area contributed by atoms with E-state index >= 15 is 0 Å². The molecule has 1 heterocycles. The van der Waals surface area contributed by atoms with Crippen molar-refractivity contribution in [2.24, 2.45) is 0 Å². The minimum Gasteiger partial charge on any atom is -0.402 e. The van der Waals surface area contributed by atoms with E-state index < -0.39 is 7.32 Å². The molecule has 0 bridgehead atoms. The Bertz CT molecular complexity index is 43.8. The molecule has 0 amide bonds. The zero-order chi connectivity index (χ0) is 7.11. The molecule has 0 aromatic heterocycles. The second-order valence-corrected chi connectivity index (χ2v) is 1.28. The number of hydrogen-bond donors (Lipinski definition) is 3. The maximum atomic E-state index is 7.17. The van der Waals surface area contributed by atoms with Crippen LogP contribution in [0.25, 0.3) is 0 Å². The summed E-state index contributed by atoms with van der Waals surface area (Å²) in [5, 5.41) is 21.5. The molecule has 1 saturated heterocycles. The summed E-state index contributed by atoms with van der Waals surface area (Å²) in [6.45, 7) is 2.06. The van der Waals surface area contributed by atoms with Crippen LogP contribution in [-0.4, -0.2) is 42.4 Å². The van der Waals surface area contributed by atoms with Crippen LogP contribution in [0.5, 0.6) is 0 Å². The summed E-state index contributed by atoms with van der Waals surface area (Å²) in [6.07, 6.45) is 0. The number of rotatable bonds is 0. The second kappa shape index (κ2) is 5.99. The number of hydrogen-bond acceptors (Lipinski definition) is 5. The van der Waals surface area contributed by atoms with Gasteiger partial charge in [-0.3, -0.25) is 0 Å². The highest BCUT2D eigenvalue weighted by Gasteiger charge is 1.94. The van der Waals surface area contributed by atoms with E-state index in [1.165, 1.54) is 0 Å². The van der Waals surface area contributed by atoms with Crippen molar-refractivity contribution in [3.63, 3.8) is 0 Å². The first-order valence-corrected chi connectivity index (χ1v) is 2.43. The van der Waals surface area contributed by atoms with E-state index in [0.717, 1.165) is 13.2 Å². The van der Waals surface area contributed by atoms with Crippen LogP contribution in [0.1, 0.15) is 0 Å². The molecule has 1 rings (SSSR count). The molecule has 3 N–H and O–H groups in total. The van der Waals surface area contributed by atoms with E-state index in [1.54, 1.807) is 0 Å². The van der Waals surface area contributed by atoms with Gasteiger partial charge in [-0.2, -0.15) is 0 Å². The Morgan fingerprint density at radius 3 is 1.44 bits per heavy atom. The Kier molecular flexibility index (Phi) is 5.90. The topological polar surface area (TPSA) is 79.2 Å². The van der Waals surface area contributed by atoms with Gasteiger partial charge in [0, 0.05) is 0 Å². The summed E-state index contributed by atoms with van der Waals surface area (Å²) in [5.74, 6) is 0. The molecular weight excluding hydrogens is 127 g/mol. The molecule has 0 unspecified atom stereocenters. The Morgan fingerprint density at radius 2 is 1.33 bits per heavy atom. The normalized spacial score (nSPS) is 16.3. The lowest BCUT2D eigenvalue weighted by Gasteiger charge is -1.76. The van der Waals surface area contributed by atoms with Gasteiger partial charge >= 0.3 is 7.32 Å². The van der Waals surface area contributed by atoms with Gasteiger partial charge in [0.05, 0.1) is 13.2 Å². The predicted octanol–water partition coefficient (Wildman–Crippen LogP) is -2.06. The quantitative estimate of drug-likeness (QED) is 0.333. The van der Waals surface area contributed by atoms with Crippen molar-refractivity contribution in [1.29, 1.82) is 0 Å². The lowest BCUT2D eigenvalue weighted by molar-refractivity contribution is 0.0692. The van der Waals surface area contributed by atoms with E-state index in [-0.39, 0.29) is 0 Å². The van der Waals surface area contributed by atoms with E-state index in [9.17, 15) is 0 Å². The lowest BCUT2D eigenvalue weighted by Crippen LogP contribution is -2.07. The minimum atomic E-state index is -2.17. The highest BCUT2D eigenvalue weighted by atomic mass is 16.7. The first kappa shape index (κ1) is 8.86. The molecule has 0 aliphatic carbocycles. The van der Waals surface area contributed by atoms with Crippen LogP contribution in [0, 0.1) is 0 Å². The van der Waals surface area contributed by atoms with Crippen LogP contribution in [0.4, 0.5) is 0 Å². The average molecular weight is 136 g/mol. The van der Waals surface area contributed by atoms with Crippen molar-refractivity contribution in [1.82, 2.24) is 0 Å². The fourth-order valence-electron chi connectivity index (χ4n) is 0.295. The summed E-state index contributed by atoms with van der Waals surface area (Å²) in [5.41, 5.74) is 0.